The van der Waals surface area contributed by atoms with Crippen LogP contribution in [0.15, 0.2) is 73.5 Å². The quantitative estimate of drug-likeness (QED) is 0.408. The summed E-state index contributed by atoms with van der Waals surface area (Å²) >= 11 is 6.42. The monoisotopic (exact) mass is 457 g/mol. The zero-order chi connectivity index (χ0) is 23.3. The molecule has 0 unspecified atom stereocenters. The van der Waals surface area contributed by atoms with Crippen molar-refractivity contribution in [3.63, 3.8) is 0 Å². The lowest BCUT2D eigenvalue weighted by Crippen LogP contribution is -2.55. The molecule has 2 aromatic rings. The number of ether oxygens (including phenoxy) is 1. The van der Waals surface area contributed by atoms with Crippen molar-refractivity contribution in [3.05, 3.63) is 101 Å². The molecule has 0 saturated carbocycles. The summed E-state index contributed by atoms with van der Waals surface area (Å²) < 4.78 is 5.67. The molecule has 170 valence electrons. The highest BCUT2D eigenvalue weighted by Crippen LogP contribution is 2.34. The van der Waals surface area contributed by atoms with E-state index in [-0.39, 0.29) is 0 Å². The lowest BCUT2D eigenvalue weighted by atomic mass is 9.90. The Morgan fingerprint density at radius 2 is 1.78 bits per heavy atom. The van der Waals surface area contributed by atoms with Crippen molar-refractivity contribution >= 4 is 17.2 Å². The largest absolute Gasteiger partial charge is 0.405 e. The molecule has 6 N–H and O–H groups in total. The van der Waals surface area contributed by atoms with Gasteiger partial charge in [-0.2, -0.15) is 0 Å². The average Bonchev–Trinajstić information content (AvgIpc) is 2.80. The Kier molecular flexibility index (Phi) is 8.26. The van der Waals surface area contributed by atoms with Crippen LogP contribution in [0.3, 0.4) is 0 Å². The SMILES string of the molecule is C=C/C=C(\C=C/N)c1ccc(Cc2cc([C@@H]3O[C@H](CO)[C@@H](O)[C@H](O)[C@H]3O)ccc2Cl)cc1. The van der Waals surface area contributed by atoms with Gasteiger partial charge in [-0.25, -0.2) is 0 Å². The Hall–Kier alpha value is -2.45. The van der Waals surface area contributed by atoms with E-state index in [1.165, 1.54) is 6.20 Å². The molecule has 0 aliphatic carbocycles. The van der Waals surface area contributed by atoms with Gasteiger partial charge in [-0.05, 0) is 52.6 Å². The van der Waals surface area contributed by atoms with Crippen molar-refractivity contribution < 1.29 is 25.2 Å². The molecule has 7 heteroatoms. The highest BCUT2D eigenvalue weighted by Gasteiger charge is 2.44. The normalized spacial score (nSPS) is 26.4. The first-order chi connectivity index (χ1) is 15.4. The van der Waals surface area contributed by atoms with Crippen LogP contribution in [-0.2, 0) is 11.2 Å². The van der Waals surface area contributed by atoms with E-state index in [4.69, 9.17) is 22.1 Å². The third kappa shape index (κ3) is 5.30. The average molecular weight is 458 g/mol. The number of hydrogen-bond donors (Lipinski definition) is 5. The zero-order valence-corrected chi connectivity index (χ0v) is 18.3. The minimum absolute atomic E-state index is 0.476. The summed E-state index contributed by atoms with van der Waals surface area (Å²) in [7, 11) is 0. The van der Waals surface area contributed by atoms with Gasteiger partial charge in [-0.1, -0.05) is 66.7 Å². The molecule has 32 heavy (non-hydrogen) atoms. The standard InChI is InChI=1S/C25H28ClNO5/c1-2-3-16(10-11-27)17-6-4-15(5-7-17)12-19-13-18(8-9-20(19)26)25-24(31)23(30)22(29)21(14-28)32-25/h2-11,13,21-25,28-31H,1,12,14,27H2/b11-10-,16-3+/t21-,22-,23+,24-,25+/m1/s1. The zero-order valence-electron chi connectivity index (χ0n) is 17.5. The van der Waals surface area contributed by atoms with Crippen LogP contribution in [0.4, 0.5) is 0 Å². The molecule has 1 fully saturated rings. The first-order valence-corrected chi connectivity index (χ1v) is 10.7. The van der Waals surface area contributed by atoms with Crippen LogP contribution in [0.1, 0.15) is 28.4 Å². The molecule has 3 rings (SSSR count). The molecule has 1 aliphatic heterocycles. The predicted molar refractivity (Wildman–Crippen MR) is 125 cm³/mol. The van der Waals surface area contributed by atoms with Gasteiger partial charge in [0.2, 0.25) is 0 Å². The summed E-state index contributed by atoms with van der Waals surface area (Å²) in [6.45, 7) is 3.25. The van der Waals surface area contributed by atoms with E-state index in [1.54, 1.807) is 24.3 Å². The molecule has 0 aromatic heterocycles. The van der Waals surface area contributed by atoms with Crippen molar-refractivity contribution in [1.29, 1.82) is 0 Å². The summed E-state index contributed by atoms with van der Waals surface area (Å²) in [6, 6.07) is 13.2. The Morgan fingerprint density at radius 3 is 2.41 bits per heavy atom. The van der Waals surface area contributed by atoms with Gasteiger partial charge in [-0.15, -0.1) is 0 Å². The summed E-state index contributed by atoms with van der Waals surface area (Å²) in [5.74, 6) is 0. The van der Waals surface area contributed by atoms with E-state index in [9.17, 15) is 20.4 Å². The molecular weight excluding hydrogens is 430 g/mol. The van der Waals surface area contributed by atoms with Crippen molar-refractivity contribution in [1.82, 2.24) is 0 Å². The van der Waals surface area contributed by atoms with Crippen molar-refractivity contribution in [2.75, 3.05) is 6.61 Å². The maximum atomic E-state index is 10.4. The van der Waals surface area contributed by atoms with E-state index in [1.807, 2.05) is 36.4 Å². The number of nitrogens with two attached hydrogens (primary N) is 1. The topological polar surface area (TPSA) is 116 Å². The van der Waals surface area contributed by atoms with Crippen LogP contribution in [0.2, 0.25) is 5.02 Å². The van der Waals surface area contributed by atoms with Crippen molar-refractivity contribution in [2.24, 2.45) is 5.73 Å². The molecule has 6 nitrogen and oxygen atoms in total. The molecule has 5 atom stereocenters. The molecule has 0 spiro atoms. The molecule has 0 bridgehead atoms. The number of rotatable bonds is 7. The van der Waals surface area contributed by atoms with Gasteiger partial charge in [0.25, 0.3) is 0 Å². The second kappa shape index (κ2) is 10.9. The van der Waals surface area contributed by atoms with E-state index >= 15 is 0 Å². The molecule has 1 aliphatic rings. The summed E-state index contributed by atoms with van der Waals surface area (Å²) in [6.07, 6.45) is 1.36. The maximum absolute atomic E-state index is 10.4. The number of aliphatic hydroxyl groups excluding tert-OH is 4. The number of hydrogen-bond acceptors (Lipinski definition) is 6. The Labute approximate surface area is 192 Å². The number of benzene rings is 2. The van der Waals surface area contributed by atoms with Gasteiger partial charge >= 0.3 is 0 Å². The van der Waals surface area contributed by atoms with Gasteiger partial charge < -0.3 is 30.9 Å². The van der Waals surface area contributed by atoms with Crippen molar-refractivity contribution in [2.45, 2.75) is 36.9 Å². The Morgan fingerprint density at radius 1 is 1.06 bits per heavy atom. The molecular formula is C25H28ClNO5. The Bertz CT molecular complexity index is 986. The number of allylic oxidation sites excluding steroid dienone is 4. The summed E-state index contributed by atoms with van der Waals surface area (Å²) in [4.78, 5) is 0. The van der Waals surface area contributed by atoms with E-state index in [2.05, 4.69) is 6.58 Å². The lowest BCUT2D eigenvalue weighted by Gasteiger charge is -2.40. The fraction of sp³-hybridized carbons (Fsp3) is 0.280. The van der Waals surface area contributed by atoms with E-state index in [0.29, 0.717) is 17.0 Å². The highest BCUT2D eigenvalue weighted by molar-refractivity contribution is 6.31. The van der Waals surface area contributed by atoms with Crippen LogP contribution < -0.4 is 5.73 Å². The van der Waals surface area contributed by atoms with E-state index in [0.717, 1.165) is 22.3 Å². The minimum Gasteiger partial charge on any atom is -0.405 e. The van der Waals surface area contributed by atoms with Gasteiger partial charge in [0, 0.05) is 5.02 Å². The van der Waals surface area contributed by atoms with Crippen molar-refractivity contribution in [3.8, 4) is 0 Å². The highest BCUT2D eigenvalue weighted by atomic mass is 35.5. The minimum atomic E-state index is -1.43. The van der Waals surface area contributed by atoms with Crippen LogP contribution >= 0.6 is 11.6 Å². The predicted octanol–water partition coefficient (Wildman–Crippen LogP) is 2.49. The van der Waals surface area contributed by atoms with Gasteiger partial charge in [-0.3, -0.25) is 0 Å². The second-order valence-electron chi connectivity index (χ2n) is 7.69. The van der Waals surface area contributed by atoms with Gasteiger partial charge in [0.05, 0.1) is 6.61 Å². The van der Waals surface area contributed by atoms with Crippen LogP contribution in [-0.4, -0.2) is 51.4 Å². The molecule has 0 radical (unpaired) electrons. The second-order valence-corrected chi connectivity index (χ2v) is 8.10. The summed E-state index contributed by atoms with van der Waals surface area (Å²) in [5, 5.41) is 40.5. The van der Waals surface area contributed by atoms with Crippen LogP contribution in [0.5, 0.6) is 0 Å². The third-order valence-corrected chi connectivity index (χ3v) is 5.91. The van der Waals surface area contributed by atoms with Gasteiger partial charge in [0.15, 0.2) is 0 Å². The maximum Gasteiger partial charge on any atom is 0.113 e. The van der Waals surface area contributed by atoms with E-state index < -0.39 is 37.1 Å². The first kappa shape index (κ1) is 24.2. The third-order valence-electron chi connectivity index (χ3n) is 5.55. The number of aliphatic hydroxyl groups is 4. The van der Waals surface area contributed by atoms with Crippen LogP contribution in [0, 0.1) is 0 Å². The van der Waals surface area contributed by atoms with Crippen LogP contribution in [0.25, 0.3) is 5.57 Å². The summed E-state index contributed by atoms with van der Waals surface area (Å²) in [5.41, 5.74) is 9.90. The molecule has 0 amide bonds. The van der Waals surface area contributed by atoms with Gasteiger partial charge in [0.1, 0.15) is 30.5 Å². The Balaban J connectivity index is 1.84. The first-order valence-electron chi connectivity index (χ1n) is 10.3. The number of halogens is 1. The fourth-order valence-corrected chi connectivity index (χ4v) is 3.98. The smallest absolute Gasteiger partial charge is 0.113 e. The molecule has 1 heterocycles. The molecule has 1 saturated heterocycles. The lowest BCUT2D eigenvalue weighted by molar-refractivity contribution is -0.231. The fourth-order valence-electron chi connectivity index (χ4n) is 3.80. The molecule has 2 aromatic carbocycles.